The fraction of sp³-hybridized carbons (Fsp3) is 0.429. The second-order valence-electron chi connectivity index (χ2n) is 7.55. The van der Waals surface area contributed by atoms with E-state index in [0.29, 0.717) is 24.0 Å². The van der Waals surface area contributed by atoms with E-state index in [2.05, 4.69) is 25.1 Å². The van der Waals surface area contributed by atoms with Gasteiger partial charge in [-0.05, 0) is 58.1 Å². The molecule has 0 radical (unpaired) electrons. The molecule has 0 N–H and O–H groups in total. The van der Waals surface area contributed by atoms with Crippen LogP contribution in [0.15, 0.2) is 29.2 Å². The van der Waals surface area contributed by atoms with Gasteiger partial charge in [0.15, 0.2) is 0 Å². The minimum absolute atomic E-state index is 0.0284. The van der Waals surface area contributed by atoms with Crippen LogP contribution in [0.1, 0.15) is 46.3 Å². The average Bonchev–Trinajstić information content (AvgIpc) is 3.06. The molecule has 1 saturated heterocycles. The second kappa shape index (κ2) is 8.06. The Balaban J connectivity index is 1.47. The lowest BCUT2D eigenvalue weighted by Gasteiger charge is -2.32. The van der Waals surface area contributed by atoms with Crippen molar-refractivity contribution in [3.05, 3.63) is 53.3 Å². The summed E-state index contributed by atoms with van der Waals surface area (Å²) < 4.78 is 5.27. The Morgan fingerprint density at radius 3 is 2.86 bits per heavy atom. The van der Waals surface area contributed by atoms with Gasteiger partial charge in [-0.2, -0.15) is 0 Å². The molecule has 0 saturated carbocycles. The molecule has 0 unspecified atom stereocenters. The molecule has 8 nitrogen and oxygen atoms in total. The highest BCUT2D eigenvalue weighted by Crippen LogP contribution is 2.27. The maximum atomic E-state index is 12.8. The van der Waals surface area contributed by atoms with Gasteiger partial charge in [0.1, 0.15) is 23.6 Å². The molecule has 4 heterocycles. The quantitative estimate of drug-likeness (QED) is 0.673. The van der Waals surface area contributed by atoms with E-state index in [0.717, 1.165) is 54.2 Å². The Labute approximate surface area is 169 Å². The van der Waals surface area contributed by atoms with E-state index < -0.39 is 0 Å². The smallest absolute Gasteiger partial charge is 0.272 e. The number of piperidine rings is 1. The van der Waals surface area contributed by atoms with Crippen LogP contribution in [-0.2, 0) is 6.42 Å². The molecule has 3 aromatic heterocycles. The van der Waals surface area contributed by atoms with Crippen LogP contribution in [0.25, 0.3) is 11.3 Å². The van der Waals surface area contributed by atoms with Crippen molar-refractivity contribution < 1.29 is 9.32 Å². The van der Waals surface area contributed by atoms with E-state index in [1.54, 1.807) is 25.5 Å². The summed E-state index contributed by atoms with van der Waals surface area (Å²) >= 11 is 0. The van der Waals surface area contributed by atoms with Crippen molar-refractivity contribution in [2.24, 2.45) is 5.92 Å². The molecule has 0 aliphatic carbocycles. The van der Waals surface area contributed by atoms with E-state index in [4.69, 9.17) is 4.52 Å². The number of aromatic nitrogens is 5. The molecule has 0 bridgehead atoms. The maximum Gasteiger partial charge on any atom is 0.272 e. The Bertz CT molecular complexity index is 1010. The first kappa shape index (κ1) is 19.2. The Kier molecular flexibility index (Phi) is 5.33. The van der Waals surface area contributed by atoms with E-state index in [1.165, 1.54) is 0 Å². The topological polar surface area (TPSA) is 97.9 Å². The minimum atomic E-state index is -0.0284. The zero-order chi connectivity index (χ0) is 20.4. The van der Waals surface area contributed by atoms with Gasteiger partial charge in [0.05, 0.1) is 17.0 Å². The van der Waals surface area contributed by atoms with Crippen molar-refractivity contribution in [2.45, 2.75) is 40.0 Å². The van der Waals surface area contributed by atoms with Crippen molar-refractivity contribution in [1.29, 1.82) is 0 Å². The predicted molar refractivity (Wildman–Crippen MR) is 106 cm³/mol. The number of amides is 1. The van der Waals surface area contributed by atoms with Crippen molar-refractivity contribution >= 4 is 5.91 Å². The molecule has 1 aliphatic heterocycles. The summed E-state index contributed by atoms with van der Waals surface area (Å²) in [6.45, 7) is 7.05. The highest BCUT2D eigenvalue weighted by atomic mass is 16.5. The van der Waals surface area contributed by atoms with Crippen LogP contribution in [0.5, 0.6) is 0 Å². The van der Waals surface area contributed by atoms with Crippen molar-refractivity contribution in [1.82, 2.24) is 30.0 Å². The third-order valence-corrected chi connectivity index (χ3v) is 5.31. The molecule has 0 aromatic carbocycles. The fourth-order valence-corrected chi connectivity index (χ4v) is 3.94. The van der Waals surface area contributed by atoms with Gasteiger partial charge in [0, 0.05) is 25.0 Å². The number of carbonyl (C=O) groups is 1. The summed E-state index contributed by atoms with van der Waals surface area (Å²) in [4.78, 5) is 31.9. The Morgan fingerprint density at radius 2 is 2.10 bits per heavy atom. The summed E-state index contributed by atoms with van der Waals surface area (Å²) in [7, 11) is 0. The van der Waals surface area contributed by atoms with Crippen LogP contribution in [0.4, 0.5) is 0 Å². The number of rotatable bonds is 4. The van der Waals surface area contributed by atoms with Gasteiger partial charge in [0.25, 0.3) is 5.91 Å². The van der Waals surface area contributed by atoms with Crippen LogP contribution in [0.3, 0.4) is 0 Å². The first-order valence-corrected chi connectivity index (χ1v) is 9.84. The molecule has 0 spiro atoms. The van der Waals surface area contributed by atoms with Crippen molar-refractivity contribution in [2.75, 3.05) is 13.1 Å². The molecular formula is C21H24N6O2. The lowest BCUT2D eigenvalue weighted by Crippen LogP contribution is -2.41. The summed E-state index contributed by atoms with van der Waals surface area (Å²) in [6, 6.07) is 3.68. The van der Waals surface area contributed by atoms with E-state index >= 15 is 0 Å². The van der Waals surface area contributed by atoms with Crippen LogP contribution >= 0.6 is 0 Å². The van der Waals surface area contributed by atoms with Gasteiger partial charge >= 0.3 is 0 Å². The molecule has 1 amide bonds. The largest absolute Gasteiger partial charge is 0.361 e. The van der Waals surface area contributed by atoms with Crippen molar-refractivity contribution in [3.8, 4) is 11.3 Å². The van der Waals surface area contributed by atoms with Crippen LogP contribution in [0, 0.1) is 26.7 Å². The lowest BCUT2D eigenvalue weighted by atomic mass is 9.92. The van der Waals surface area contributed by atoms with Crippen LogP contribution in [-0.4, -0.2) is 49.0 Å². The number of likely N-dealkylation sites (tertiary alicyclic amines) is 1. The molecule has 4 rings (SSSR count). The zero-order valence-corrected chi connectivity index (χ0v) is 16.9. The molecule has 29 heavy (non-hydrogen) atoms. The first-order valence-electron chi connectivity index (χ1n) is 9.84. The standard InChI is InChI=1S/C21H24N6O2/c1-13-20(14(2)29-26-13)19-10-17(23-12-24-19)9-16-5-4-8-27(11-16)21(28)18-6-7-22-15(3)25-18/h6-7,10,12,16H,4-5,8-9,11H2,1-3H3/t16-/m0/s1. The second-order valence-corrected chi connectivity index (χ2v) is 7.55. The molecule has 150 valence electrons. The van der Waals surface area contributed by atoms with E-state index in [9.17, 15) is 4.79 Å². The summed E-state index contributed by atoms with van der Waals surface area (Å²) in [5, 5.41) is 4.01. The third-order valence-electron chi connectivity index (χ3n) is 5.31. The predicted octanol–water partition coefficient (Wildman–Crippen LogP) is 2.94. The average molecular weight is 392 g/mol. The van der Waals surface area contributed by atoms with Gasteiger partial charge in [-0.25, -0.2) is 19.9 Å². The fourth-order valence-electron chi connectivity index (χ4n) is 3.94. The van der Waals surface area contributed by atoms with Gasteiger partial charge < -0.3 is 9.42 Å². The SMILES string of the molecule is Cc1nccc(C(=O)N2CCC[C@@H](Cc3cc(-c4c(C)noc4C)ncn3)C2)n1. The van der Waals surface area contributed by atoms with Gasteiger partial charge in [0.2, 0.25) is 0 Å². The summed E-state index contributed by atoms with van der Waals surface area (Å²) in [6.07, 6.45) is 6.06. The molecule has 1 fully saturated rings. The molecule has 8 heteroatoms. The monoisotopic (exact) mass is 392 g/mol. The molecular weight excluding hydrogens is 368 g/mol. The zero-order valence-electron chi connectivity index (χ0n) is 16.9. The number of aryl methyl sites for hydroxylation is 3. The first-order chi connectivity index (χ1) is 14.0. The molecule has 1 aliphatic rings. The summed E-state index contributed by atoms with van der Waals surface area (Å²) in [5.41, 5.74) is 3.99. The van der Waals surface area contributed by atoms with Crippen LogP contribution < -0.4 is 0 Å². The molecule has 3 aromatic rings. The number of hydrogen-bond donors (Lipinski definition) is 0. The summed E-state index contributed by atoms with van der Waals surface area (Å²) in [5.74, 6) is 1.68. The number of carbonyl (C=O) groups excluding carboxylic acids is 1. The van der Waals surface area contributed by atoms with E-state index in [1.807, 2.05) is 24.8 Å². The Morgan fingerprint density at radius 1 is 1.24 bits per heavy atom. The normalized spacial score (nSPS) is 16.8. The molecule has 1 atom stereocenters. The third kappa shape index (κ3) is 4.16. The maximum absolute atomic E-state index is 12.8. The Hall–Kier alpha value is -3.16. The van der Waals surface area contributed by atoms with E-state index in [-0.39, 0.29) is 5.91 Å². The van der Waals surface area contributed by atoms with Crippen molar-refractivity contribution in [3.63, 3.8) is 0 Å². The van der Waals surface area contributed by atoms with Gasteiger partial charge in [-0.1, -0.05) is 5.16 Å². The van der Waals surface area contributed by atoms with Gasteiger partial charge in [-0.15, -0.1) is 0 Å². The number of nitrogens with zero attached hydrogens (tertiary/aromatic N) is 6. The van der Waals surface area contributed by atoms with Gasteiger partial charge in [-0.3, -0.25) is 4.79 Å². The highest BCUT2D eigenvalue weighted by molar-refractivity contribution is 5.92. The number of hydrogen-bond acceptors (Lipinski definition) is 7. The minimum Gasteiger partial charge on any atom is -0.361 e. The highest BCUT2D eigenvalue weighted by Gasteiger charge is 2.26. The lowest BCUT2D eigenvalue weighted by molar-refractivity contribution is 0.0666. The van der Waals surface area contributed by atoms with Crippen LogP contribution in [0.2, 0.25) is 0 Å².